The van der Waals surface area contributed by atoms with E-state index in [9.17, 15) is 12.8 Å². The summed E-state index contributed by atoms with van der Waals surface area (Å²) in [5, 5.41) is 0. The number of likely N-dealkylation sites (tertiary alicyclic amines) is 1. The maximum Gasteiger partial charge on any atom is 0.245 e. The number of benzene rings is 2. The summed E-state index contributed by atoms with van der Waals surface area (Å²) < 4.78 is 41.2. The highest BCUT2D eigenvalue weighted by molar-refractivity contribution is 7.94. The van der Waals surface area contributed by atoms with Gasteiger partial charge in [0.25, 0.3) is 0 Å². The third-order valence-electron chi connectivity index (χ3n) is 5.96. The zero-order valence-corrected chi connectivity index (χ0v) is 17.3. The fourth-order valence-corrected chi connectivity index (χ4v) is 7.01. The molecular formula is C22H27FN2O2S. The van der Waals surface area contributed by atoms with E-state index in [1.165, 1.54) is 12.1 Å². The summed E-state index contributed by atoms with van der Waals surface area (Å²) in [5.41, 5.74) is 2.86. The smallest absolute Gasteiger partial charge is 0.245 e. The average Bonchev–Trinajstić information content (AvgIpc) is 2.84. The summed E-state index contributed by atoms with van der Waals surface area (Å²) in [4.78, 5) is 2.27. The van der Waals surface area contributed by atoms with Crippen molar-refractivity contribution in [2.45, 2.75) is 38.0 Å². The Balaban J connectivity index is 1.59. The number of anilines is 1. The van der Waals surface area contributed by atoms with Crippen molar-refractivity contribution in [1.82, 2.24) is 4.90 Å². The molecule has 2 heterocycles. The Kier molecular flexibility index (Phi) is 4.96. The first kappa shape index (κ1) is 19.4. The molecule has 1 fully saturated rings. The van der Waals surface area contributed by atoms with Gasteiger partial charge in [0.05, 0.1) is 5.69 Å². The van der Waals surface area contributed by atoms with E-state index in [4.69, 9.17) is 0 Å². The minimum absolute atomic E-state index is 0.236. The average molecular weight is 403 g/mol. The van der Waals surface area contributed by atoms with Crippen molar-refractivity contribution in [3.63, 3.8) is 0 Å². The van der Waals surface area contributed by atoms with Crippen LogP contribution in [-0.2, 0) is 21.3 Å². The van der Waals surface area contributed by atoms with Crippen LogP contribution in [0.4, 0.5) is 10.1 Å². The van der Waals surface area contributed by atoms with Gasteiger partial charge in [-0.3, -0.25) is 9.21 Å². The van der Waals surface area contributed by atoms with Crippen molar-refractivity contribution in [3.8, 4) is 0 Å². The Morgan fingerprint density at radius 3 is 2.32 bits per heavy atom. The van der Waals surface area contributed by atoms with Gasteiger partial charge >= 0.3 is 0 Å². The van der Waals surface area contributed by atoms with Gasteiger partial charge in [-0.05, 0) is 48.1 Å². The van der Waals surface area contributed by atoms with Gasteiger partial charge in [-0.1, -0.05) is 44.2 Å². The first-order chi connectivity index (χ1) is 13.3. The Labute approximate surface area is 167 Å². The normalized spacial score (nSPS) is 20.6. The third-order valence-corrected chi connectivity index (χ3v) is 8.50. The largest absolute Gasteiger partial charge is 0.299 e. The molecule has 2 aliphatic heterocycles. The number of halogens is 1. The molecule has 0 aromatic heterocycles. The molecule has 4 rings (SSSR count). The molecule has 2 aliphatic rings. The van der Waals surface area contributed by atoms with Crippen molar-refractivity contribution in [2.75, 3.05) is 23.9 Å². The van der Waals surface area contributed by atoms with E-state index in [0.29, 0.717) is 39.0 Å². The van der Waals surface area contributed by atoms with Gasteiger partial charge in [-0.25, -0.2) is 12.8 Å². The van der Waals surface area contributed by atoms with Crippen LogP contribution < -0.4 is 4.31 Å². The zero-order valence-electron chi connectivity index (χ0n) is 16.4. The zero-order chi connectivity index (χ0) is 19.9. The Bertz CT molecular complexity index is 949. The number of nitrogens with zero attached hydrogens (tertiary/aromatic N) is 2. The molecule has 6 heteroatoms. The van der Waals surface area contributed by atoms with Crippen LogP contribution in [0.2, 0.25) is 0 Å². The van der Waals surface area contributed by atoms with Gasteiger partial charge in [0, 0.05) is 26.2 Å². The summed E-state index contributed by atoms with van der Waals surface area (Å²) in [6, 6.07) is 14.3. The van der Waals surface area contributed by atoms with Crippen molar-refractivity contribution in [1.29, 1.82) is 0 Å². The number of piperidine rings is 1. The van der Waals surface area contributed by atoms with E-state index in [-0.39, 0.29) is 11.7 Å². The molecule has 2 aromatic rings. The number of rotatable bonds is 4. The molecule has 0 N–H and O–H groups in total. The lowest BCUT2D eigenvalue weighted by Gasteiger charge is -2.39. The predicted octanol–water partition coefficient (Wildman–Crippen LogP) is 4.12. The highest BCUT2D eigenvalue weighted by atomic mass is 32.2. The van der Waals surface area contributed by atoms with Gasteiger partial charge in [0.2, 0.25) is 10.0 Å². The van der Waals surface area contributed by atoms with Crippen LogP contribution in [0, 0.1) is 11.7 Å². The Hall–Kier alpha value is -1.92. The number of sulfonamides is 1. The van der Waals surface area contributed by atoms with Crippen LogP contribution >= 0.6 is 0 Å². The van der Waals surface area contributed by atoms with E-state index in [1.807, 2.05) is 24.3 Å². The minimum Gasteiger partial charge on any atom is -0.299 e. The Morgan fingerprint density at radius 2 is 1.68 bits per heavy atom. The summed E-state index contributed by atoms with van der Waals surface area (Å²) >= 11 is 0. The molecule has 150 valence electrons. The summed E-state index contributed by atoms with van der Waals surface area (Å²) in [6.07, 6.45) is 1.17. The standard InChI is InChI=1S/C22H27FN2O2S/c1-17(2)15-25-21-6-4-3-5-20(21)22(28(25,26)27)11-13-24(14-12-22)16-18-7-9-19(23)10-8-18/h3-10,17H,11-16H2,1-2H3. The molecule has 0 amide bonds. The topological polar surface area (TPSA) is 40.6 Å². The summed E-state index contributed by atoms with van der Waals surface area (Å²) in [7, 11) is -3.45. The molecule has 4 nitrogen and oxygen atoms in total. The van der Waals surface area contributed by atoms with Crippen LogP contribution in [0.25, 0.3) is 0 Å². The second kappa shape index (κ2) is 7.16. The second-order valence-electron chi connectivity index (χ2n) is 8.34. The quantitative estimate of drug-likeness (QED) is 0.772. The molecule has 1 saturated heterocycles. The first-order valence-corrected chi connectivity index (χ1v) is 11.4. The summed E-state index contributed by atoms with van der Waals surface area (Å²) in [5.74, 6) is 0.0248. The third kappa shape index (κ3) is 3.12. The van der Waals surface area contributed by atoms with Gasteiger partial charge in [-0.15, -0.1) is 0 Å². The minimum atomic E-state index is -3.45. The van der Waals surface area contributed by atoms with E-state index in [0.717, 1.165) is 16.8 Å². The molecule has 0 radical (unpaired) electrons. The van der Waals surface area contributed by atoms with Gasteiger partial charge in [0.15, 0.2) is 0 Å². The van der Waals surface area contributed by atoms with Crippen molar-refractivity contribution >= 4 is 15.7 Å². The maximum atomic E-state index is 13.6. The van der Waals surface area contributed by atoms with E-state index < -0.39 is 14.8 Å². The Morgan fingerprint density at radius 1 is 1.04 bits per heavy atom. The van der Waals surface area contributed by atoms with Gasteiger partial charge in [-0.2, -0.15) is 0 Å². The molecule has 0 bridgehead atoms. The predicted molar refractivity (Wildman–Crippen MR) is 110 cm³/mol. The van der Waals surface area contributed by atoms with E-state index in [1.54, 1.807) is 16.4 Å². The van der Waals surface area contributed by atoms with Crippen LogP contribution in [0.15, 0.2) is 48.5 Å². The number of para-hydroxylation sites is 1. The number of hydrogen-bond acceptors (Lipinski definition) is 3. The molecule has 0 unspecified atom stereocenters. The molecule has 2 aromatic carbocycles. The molecule has 0 aliphatic carbocycles. The van der Waals surface area contributed by atoms with Gasteiger partial charge in [0.1, 0.15) is 10.6 Å². The van der Waals surface area contributed by atoms with Crippen molar-refractivity contribution < 1.29 is 12.8 Å². The van der Waals surface area contributed by atoms with Gasteiger partial charge < -0.3 is 0 Å². The monoisotopic (exact) mass is 402 g/mol. The highest BCUT2D eigenvalue weighted by Gasteiger charge is 2.56. The highest BCUT2D eigenvalue weighted by Crippen LogP contribution is 2.52. The SMILES string of the molecule is CC(C)CN1c2ccccc2C2(CCN(Cc3ccc(F)cc3)CC2)S1(=O)=O. The molecule has 0 saturated carbocycles. The van der Waals surface area contributed by atoms with Crippen LogP contribution in [0.5, 0.6) is 0 Å². The molecular weight excluding hydrogens is 375 g/mol. The van der Waals surface area contributed by atoms with Crippen LogP contribution in [0.1, 0.15) is 37.8 Å². The summed E-state index contributed by atoms with van der Waals surface area (Å²) in [6.45, 7) is 6.75. The fraction of sp³-hybridized carbons (Fsp3) is 0.455. The van der Waals surface area contributed by atoms with Crippen molar-refractivity contribution in [2.24, 2.45) is 5.92 Å². The molecule has 28 heavy (non-hydrogen) atoms. The first-order valence-electron chi connectivity index (χ1n) is 9.92. The van der Waals surface area contributed by atoms with Crippen LogP contribution in [0.3, 0.4) is 0 Å². The second-order valence-corrected chi connectivity index (χ2v) is 10.5. The molecule has 1 spiro atoms. The van der Waals surface area contributed by atoms with E-state index in [2.05, 4.69) is 18.7 Å². The van der Waals surface area contributed by atoms with Crippen LogP contribution in [-0.4, -0.2) is 33.0 Å². The van der Waals surface area contributed by atoms with E-state index >= 15 is 0 Å². The van der Waals surface area contributed by atoms with Crippen molar-refractivity contribution in [3.05, 3.63) is 65.5 Å². The maximum absolute atomic E-state index is 13.6. The molecule has 0 atom stereocenters. The lowest BCUT2D eigenvalue weighted by atomic mass is 9.87. The fourth-order valence-electron chi connectivity index (χ4n) is 4.53. The number of fused-ring (bicyclic) bond motifs is 2. The lowest BCUT2D eigenvalue weighted by molar-refractivity contribution is 0.189. The number of hydrogen-bond donors (Lipinski definition) is 0. The lowest BCUT2D eigenvalue weighted by Crippen LogP contribution is -2.48.